The van der Waals surface area contributed by atoms with Gasteiger partial charge in [-0.15, -0.1) is 0 Å². The highest BCUT2D eigenvalue weighted by Gasteiger charge is 2.32. The predicted octanol–water partition coefficient (Wildman–Crippen LogP) is 3.13. The van der Waals surface area contributed by atoms with Crippen LogP contribution in [0.1, 0.15) is 11.3 Å². The molecule has 0 spiro atoms. The summed E-state index contributed by atoms with van der Waals surface area (Å²) in [4.78, 5) is 19.3. The molecule has 1 aromatic heterocycles. The summed E-state index contributed by atoms with van der Waals surface area (Å²) in [6.45, 7) is 2.61. The molecule has 1 aromatic carbocycles. The minimum atomic E-state index is -4.48. The van der Waals surface area contributed by atoms with Crippen molar-refractivity contribution >= 4 is 11.6 Å². The number of piperazine rings is 1. The standard InChI is InChI=1S/C19H19F5N4O/c20-14-1-2-16(15(21)10-14)26-18(29)12-28-7-5-27(6-8-28)11-13-3-4-25-17(9-13)19(22,23)24/h1-4,9-10H,5-8,11-12H2,(H,26,29). The van der Waals surface area contributed by atoms with Crippen molar-refractivity contribution in [3.8, 4) is 0 Å². The van der Waals surface area contributed by atoms with Crippen molar-refractivity contribution in [1.82, 2.24) is 14.8 Å². The van der Waals surface area contributed by atoms with Gasteiger partial charge in [-0.3, -0.25) is 19.6 Å². The van der Waals surface area contributed by atoms with E-state index < -0.39 is 29.4 Å². The van der Waals surface area contributed by atoms with Gasteiger partial charge in [-0.25, -0.2) is 8.78 Å². The van der Waals surface area contributed by atoms with Crippen molar-refractivity contribution in [1.29, 1.82) is 0 Å². The Morgan fingerprint density at radius 2 is 1.72 bits per heavy atom. The fourth-order valence-corrected chi connectivity index (χ4v) is 3.08. The lowest BCUT2D eigenvalue weighted by Crippen LogP contribution is -2.48. The number of halogens is 5. The molecular formula is C19H19F5N4O. The summed E-state index contributed by atoms with van der Waals surface area (Å²) in [5.74, 6) is -2.00. The zero-order valence-corrected chi connectivity index (χ0v) is 15.3. The van der Waals surface area contributed by atoms with Gasteiger partial charge in [0.1, 0.15) is 17.3 Å². The quantitative estimate of drug-likeness (QED) is 0.764. The van der Waals surface area contributed by atoms with Crippen LogP contribution in [0.3, 0.4) is 0 Å². The topological polar surface area (TPSA) is 48.5 Å². The molecule has 0 aliphatic carbocycles. The van der Waals surface area contributed by atoms with Gasteiger partial charge in [-0.2, -0.15) is 13.2 Å². The molecule has 156 valence electrons. The maximum atomic E-state index is 13.6. The first-order valence-corrected chi connectivity index (χ1v) is 8.92. The summed E-state index contributed by atoms with van der Waals surface area (Å²) in [6.07, 6.45) is -3.33. The number of anilines is 1. The Balaban J connectivity index is 1.47. The lowest BCUT2D eigenvalue weighted by Gasteiger charge is -2.34. The Morgan fingerprint density at radius 1 is 1.03 bits per heavy atom. The minimum absolute atomic E-state index is 0.0398. The highest BCUT2D eigenvalue weighted by molar-refractivity contribution is 5.92. The maximum Gasteiger partial charge on any atom is 0.433 e. The van der Waals surface area contributed by atoms with Crippen LogP contribution in [0.15, 0.2) is 36.5 Å². The van der Waals surface area contributed by atoms with Gasteiger partial charge in [0.25, 0.3) is 0 Å². The summed E-state index contributed by atoms with van der Waals surface area (Å²) >= 11 is 0. The van der Waals surface area contributed by atoms with E-state index >= 15 is 0 Å². The lowest BCUT2D eigenvalue weighted by molar-refractivity contribution is -0.141. The van der Waals surface area contributed by atoms with Crippen LogP contribution in [0.2, 0.25) is 0 Å². The van der Waals surface area contributed by atoms with Crippen LogP contribution in [0, 0.1) is 11.6 Å². The molecule has 1 N–H and O–H groups in total. The molecule has 0 radical (unpaired) electrons. The second-order valence-corrected chi connectivity index (χ2v) is 6.77. The average molecular weight is 414 g/mol. The third kappa shape index (κ3) is 5.94. The van der Waals surface area contributed by atoms with Crippen LogP contribution in [0.4, 0.5) is 27.6 Å². The summed E-state index contributed by atoms with van der Waals surface area (Å²) in [6, 6.07) is 5.49. The molecule has 0 atom stereocenters. The number of pyridine rings is 1. The number of nitrogens with one attached hydrogen (secondary N) is 1. The van der Waals surface area contributed by atoms with Crippen LogP contribution in [-0.4, -0.2) is 53.4 Å². The monoisotopic (exact) mass is 414 g/mol. The molecule has 2 aromatic rings. The van der Waals surface area contributed by atoms with Crippen LogP contribution in [0.25, 0.3) is 0 Å². The Morgan fingerprint density at radius 3 is 2.38 bits per heavy atom. The summed E-state index contributed by atoms with van der Waals surface area (Å²) < 4.78 is 64.8. The van der Waals surface area contributed by atoms with E-state index in [-0.39, 0.29) is 12.2 Å². The Hall–Kier alpha value is -2.59. The van der Waals surface area contributed by atoms with Gasteiger partial charge in [0.05, 0.1) is 12.2 Å². The van der Waals surface area contributed by atoms with Crippen molar-refractivity contribution in [3.63, 3.8) is 0 Å². The van der Waals surface area contributed by atoms with Crippen molar-refractivity contribution < 1.29 is 26.7 Å². The molecular weight excluding hydrogens is 395 g/mol. The number of hydrogen-bond acceptors (Lipinski definition) is 4. The van der Waals surface area contributed by atoms with Crippen LogP contribution in [0.5, 0.6) is 0 Å². The fourth-order valence-electron chi connectivity index (χ4n) is 3.08. The van der Waals surface area contributed by atoms with Crippen LogP contribution < -0.4 is 5.32 Å². The summed E-state index contributed by atoms with van der Waals surface area (Å²) in [7, 11) is 0. The number of aromatic nitrogens is 1. The van der Waals surface area contributed by atoms with Crippen molar-refractivity contribution in [3.05, 3.63) is 59.4 Å². The van der Waals surface area contributed by atoms with E-state index in [0.29, 0.717) is 44.4 Å². The van der Waals surface area contributed by atoms with Gasteiger partial charge in [0, 0.05) is 45.0 Å². The van der Waals surface area contributed by atoms with Crippen LogP contribution in [-0.2, 0) is 17.5 Å². The van der Waals surface area contributed by atoms with Gasteiger partial charge in [0.15, 0.2) is 0 Å². The minimum Gasteiger partial charge on any atom is -0.322 e. The molecule has 1 saturated heterocycles. The van der Waals surface area contributed by atoms with Gasteiger partial charge in [-0.1, -0.05) is 0 Å². The third-order valence-corrected chi connectivity index (χ3v) is 4.56. The molecule has 10 heteroatoms. The highest BCUT2D eigenvalue weighted by atomic mass is 19.4. The number of carbonyl (C=O) groups excluding carboxylic acids is 1. The molecule has 1 amide bonds. The number of carbonyl (C=O) groups is 1. The SMILES string of the molecule is O=C(CN1CCN(Cc2ccnc(C(F)(F)F)c2)CC1)Nc1ccc(F)cc1F. The van der Waals surface area contributed by atoms with Crippen molar-refractivity contribution in [2.45, 2.75) is 12.7 Å². The van der Waals surface area contributed by atoms with Crippen molar-refractivity contribution in [2.75, 3.05) is 38.0 Å². The molecule has 0 saturated carbocycles. The fraction of sp³-hybridized carbons (Fsp3) is 0.368. The zero-order chi connectivity index (χ0) is 21.0. The van der Waals surface area contributed by atoms with E-state index in [4.69, 9.17) is 0 Å². The molecule has 1 aliphatic rings. The molecule has 1 fully saturated rings. The molecule has 0 bridgehead atoms. The van der Waals surface area contributed by atoms with Gasteiger partial charge in [0.2, 0.25) is 5.91 Å². The first-order chi connectivity index (χ1) is 13.7. The number of rotatable bonds is 5. The van der Waals surface area contributed by atoms with Gasteiger partial charge in [-0.05, 0) is 29.8 Å². The third-order valence-electron chi connectivity index (χ3n) is 4.56. The van der Waals surface area contributed by atoms with E-state index in [1.165, 1.54) is 0 Å². The molecule has 1 aliphatic heterocycles. The average Bonchev–Trinajstić information content (AvgIpc) is 2.65. The molecule has 5 nitrogen and oxygen atoms in total. The van der Waals surface area contributed by atoms with E-state index in [9.17, 15) is 26.7 Å². The number of benzene rings is 1. The second kappa shape index (κ2) is 8.83. The largest absolute Gasteiger partial charge is 0.433 e. The number of hydrogen-bond donors (Lipinski definition) is 1. The van der Waals surface area contributed by atoms with Gasteiger partial charge >= 0.3 is 6.18 Å². The molecule has 29 heavy (non-hydrogen) atoms. The number of nitrogens with zero attached hydrogens (tertiary/aromatic N) is 3. The summed E-state index contributed by atoms with van der Waals surface area (Å²) in [5, 5.41) is 2.41. The first-order valence-electron chi connectivity index (χ1n) is 8.92. The van der Waals surface area contributed by atoms with Crippen molar-refractivity contribution in [2.24, 2.45) is 0 Å². The smallest absolute Gasteiger partial charge is 0.322 e. The first kappa shape index (κ1) is 21.1. The number of amides is 1. The maximum absolute atomic E-state index is 13.6. The normalized spacial score (nSPS) is 16.0. The molecule has 0 unspecified atom stereocenters. The van der Waals surface area contributed by atoms with Gasteiger partial charge < -0.3 is 5.32 Å². The summed E-state index contributed by atoms with van der Waals surface area (Å²) in [5.41, 5.74) is -0.489. The lowest BCUT2D eigenvalue weighted by atomic mass is 10.2. The second-order valence-electron chi connectivity index (χ2n) is 6.77. The Bertz CT molecular complexity index is 866. The Labute approximate surface area is 164 Å². The Kier molecular flexibility index (Phi) is 6.43. The van der Waals surface area contributed by atoms with E-state index in [0.717, 1.165) is 24.4 Å². The van der Waals surface area contributed by atoms with E-state index in [1.54, 1.807) is 6.07 Å². The molecule has 2 heterocycles. The zero-order valence-electron chi connectivity index (χ0n) is 15.3. The van der Waals surface area contributed by atoms with E-state index in [2.05, 4.69) is 10.3 Å². The van der Waals surface area contributed by atoms with Crippen LogP contribution >= 0.6 is 0 Å². The van der Waals surface area contributed by atoms with E-state index in [1.807, 2.05) is 9.80 Å². The number of alkyl halides is 3. The highest BCUT2D eigenvalue weighted by Crippen LogP contribution is 2.28. The molecule has 3 rings (SSSR count). The predicted molar refractivity (Wildman–Crippen MR) is 95.9 cm³/mol.